The second kappa shape index (κ2) is 7.18. The third kappa shape index (κ3) is 4.02. The van der Waals surface area contributed by atoms with Crippen LogP contribution in [0.15, 0.2) is 48.1 Å². The van der Waals surface area contributed by atoms with Crippen LogP contribution in [0.5, 0.6) is 0 Å². The van der Waals surface area contributed by atoms with E-state index in [1.165, 1.54) is 4.90 Å². The number of carbonyl (C=O) groups is 1. The van der Waals surface area contributed by atoms with Crippen LogP contribution in [0, 0.1) is 5.92 Å². The number of hydrogen-bond donors (Lipinski definition) is 1. The van der Waals surface area contributed by atoms with Gasteiger partial charge in [0, 0.05) is 12.3 Å². The lowest BCUT2D eigenvalue weighted by atomic mass is 9.93. The van der Waals surface area contributed by atoms with Crippen LogP contribution in [-0.4, -0.2) is 30.8 Å². The summed E-state index contributed by atoms with van der Waals surface area (Å²) in [6.07, 6.45) is 2.81. The van der Waals surface area contributed by atoms with Gasteiger partial charge in [0.05, 0.1) is 30.4 Å². The molecule has 1 fully saturated rings. The van der Waals surface area contributed by atoms with Crippen LogP contribution < -0.4 is 4.90 Å². The van der Waals surface area contributed by atoms with E-state index < -0.39 is 5.97 Å². The average Bonchev–Trinajstić information content (AvgIpc) is 2.50. The summed E-state index contributed by atoms with van der Waals surface area (Å²) in [6, 6.07) is 9.41. The number of oxime groups is 1. The number of nitrogens with zero attached hydrogens (tertiary/aromatic N) is 1. The summed E-state index contributed by atoms with van der Waals surface area (Å²) in [5.41, 5.74) is 1.50. The van der Waals surface area contributed by atoms with E-state index in [1.54, 1.807) is 12.1 Å². The van der Waals surface area contributed by atoms with E-state index in [4.69, 9.17) is 4.84 Å². The first-order valence-electron chi connectivity index (χ1n) is 7.40. The van der Waals surface area contributed by atoms with Crippen molar-refractivity contribution in [2.75, 3.05) is 13.1 Å². The molecule has 0 spiro atoms. The van der Waals surface area contributed by atoms with Gasteiger partial charge in [0.2, 0.25) is 0 Å². The molecule has 1 heterocycles. The first-order chi connectivity index (χ1) is 10.1. The molecule has 2 rings (SSSR count). The van der Waals surface area contributed by atoms with Gasteiger partial charge in [0.25, 0.3) is 0 Å². The second-order valence-corrected chi connectivity index (χ2v) is 5.69. The van der Waals surface area contributed by atoms with Crippen molar-refractivity contribution < 1.29 is 14.5 Å². The number of benzene rings is 1. The standard InChI is InChI=1S/C17H22N2O2/c1-4-10-19-12-13(2)16(11-14(19)3)18-21-17(20)15-8-6-5-7-9-15/h4-9,13-14H,1,10-12H2,2-3H3/p+1/b18-16-/t13-,14-/m0/s1. The maximum absolute atomic E-state index is 11.9. The number of hydrogen-bond acceptors (Lipinski definition) is 3. The molecule has 1 saturated heterocycles. The normalized spacial score (nSPS) is 27.3. The predicted octanol–water partition coefficient (Wildman–Crippen LogP) is 1.70. The molecule has 0 amide bonds. The molecule has 4 heteroatoms. The van der Waals surface area contributed by atoms with Crippen molar-refractivity contribution in [1.82, 2.24) is 0 Å². The van der Waals surface area contributed by atoms with Crippen molar-refractivity contribution in [3.05, 3.63) is 48.6 Å². The van der Waals surface area contributed by atoms with Crippen LogP contribution in [0.25, 0.3) is 0 Å². The summed E-state index contributed by atoms with van der Waals surface area (Å²) in [5.74, 6) is -0.0801. The highest BCUT2D eigenvalue weighted by Crippen LogP contribution is 2.10. The molecule has 3 atom stereocenters. The molecule has 1 aromatic rings. The molecular weight excluding hydrogens is 264 g/mol. The highest BCUT2D eigenvalue weighted by Gasteiger charge is 2.31. The van der Waals surface area contributed by atoms with Gasteiger partial charge >= 0.3 is 5.97 Å². The Labute approximate surface area is 126 Å². The topological polar surface area (TPSA) is 43.1 Å². The summed E-state index contributed by atoms with van der Waals surface area (Å²) in [7, 11) is 0. The number of piperidine rings is 1. The minimum atomic E-state index is -0.399. The molecule has 112 valence electrons. The smallest absolute Gasteiger partial charge is 0.329 e. The predicted molar refractivity (Wildman–Crippen MR) is 83.4 cm³/mol. The van der Waals surface area contributed by atoms with E-state index >= 15 is 0 Å². The maximum atomic E-state index is 11.9. The van der Waals surface area contributed by atoms with Crippen LogP contribution >= 0.6 is 0 Å². The molecule has 1 aliphatic rings. The summed E-state index contributed by atoms with van der Waals surface area (Å²) < 4.78 is 0. The average molecular weight is 287 g/mol. The Balaban J connectivity index is 1.98. The fraction of sp³-hybridized carbons (Fsp3) is 0.412. The largest absolute Gasteiger partial charge is 0.365 e. The summed E-state index contributed by atoms with van der Waals surface area (Å²) in [5, 5.41) is 4.11. The lowest BCUT2D eigenvalue weighted by Gasteiger charge is -2.33. The lowest BCUT2D eigenvalue weighted by molar-refractivity contribution is -0.921. The zero-order chi connectivity index (χ0) is 15.2. The third-order valence-corrected chi connectivity index (χ3v) is 4.01. The van der Waals surface area contributed by atoms with Gasteiger partial charge < -0.3 is 9.74 Å². The lowest BCUT2D eigenvalue weighted by Crippen LogP contribution is -3.17. The van der Waals surface area contributed by atoms with Crippen LogP contribution in [0.4, 0.5) is 0 Å². The Morgan fingerprint density at radius 1 is 1.43 bits per heavy atom. The van der Waals surface area contributed by atoms with Crippen LogP contribution in [0.3, 0.4) is 0 Å². The van der Waals surface area contributed by atoms with Gasteiger partial charge in [-0.2, -0.15) is 0 Å². The van der Waals surface area contributed by atoms with Crippen molar-refractivity contribution in [2.24, 2.45) is 11.1 Å². The molecular formula is C17H23N2O2+. The van der Waals surface area contributed by atoms with Crippen molar-refractivity contribution in [1.29, 1.82) is 0 Å². The monoisotopic (exact) mass is 287 g/mol. The zero-order valence-corrected chi connectivity index (χ0v) is 12.7. The Hall–Kier alpha value is -1.94. The molecule has 1 N–H and O–H groups in total. The van der Waals surface area contributed by atoms with Gasteiger partial charge in [-0.15, -0.1) is 0 Å². The van der Waals surface area contributed by atoms with E-state index in [0.717, 1.165) is 25.2 Å². The van der Waals surface area contributed by atoms with E-state index in [-0.39, 0.29) is 0 Å². The second-order valence-electron chi connectivity index (χ2n) is 5.69. The number of nitrogens with one attached hydrogen (secondary N) is 1. The van der Waals surface area contributed by atoms with E-state index in [2.05, 4.69) is 25.6 Å². The maximum Gasteiger partial charge on any atom is 0.365 e. The van der Waals surface area contributed by atoms with E-state index in [9.17, 15) is 4.79 Å². The highest BCUT2D eigenvalue weighted by atomic mass is 16.7. The quantitative estimate of drug-likeness (QED) is 0.520. The Morgan fingerprint density at radius 3 is 2.81 bits per heavy atom. The van der Waals surface area contributed by atoms with Gasteiger partial charge in [-0.05, 0) is 25.1 Å². The molecule has 1 unspecified atom stereocenters. The molecule has 1 aromatic carbocycles. The number of rotatable bonds is 4. The SMILES string of the molecule is C=CC[NH+]1C[C@H](C)/C(=N\OC(=O)c2ccccc2)C[C@@H]1C. The molecule has 0 radical (unpaired) electrons. The minimum absolute atomic E-state index is 0.319. The fourth-order valence-electron chi connectivity index (χ4n) is 2.70. The van der Waals surface area contributed by atoms with Crippen molar-refractivity contribution in [3.63, 3.8) is 0 Å². The fourth-order valence-corrected chi connectivity index (χ4v) is 2.70. The van der Waals surface area contributed by atoms with Crippen LogP contribution in [0.2, 0.25) is 0 Å². The summed E-state index contributed by atoms with van der Waals surface area (Å²) in [6.45, 7) is 10.1. The third-order valence-electron chi connectivity index (χ3n) is 4.01. The van der Waals surface area contributed by atoms with Crippen LogP contribution in [-0.2, 0) is 4.84 Å². The number of carbonyl (C=O) groups excluding carboxylic acids is 1. The van der Waals surface area contributed by atoms with E-state index in [0.29, 0.717) is 17.5 Å². The molecule has 0 aliphatic carbocycles. The number of quaternary nitrogens is 1. The minimum Gasteiger partial charge on any atom is -0.329 e. The molecule has 0 saturated carbocycles. The van der Waals surface area contributed by atoms with Gasteiger partial charge in [-0.25, -0.2) is 4.79 Å². The van der Waals surface area contributed by atoms with Gasteiger partial charge in [-0.3, -0.25) is 0 Å². The highest BCUT2D eigenvalue weighted by molar-refractivity contribution is 5.91. The van der Waals surface area contributed by atoms with Gasteiger partial charge in [-0.1, -0.05) is 36.9 Å². The molecule has 0 bridgehead atoms. The molecule has 21 heavy (non-hydrogen) atoms. The molecule has 4 nitrogen and oxygen atoms in total. The Morgan fingerprint density at radius 2 is 2.14 bits per heavy atom. The molecule has 0 aromatic heterocycles. The van der Waals surface area contributed by atoms with Gasteiger partial charge in [0.1, 0.15) is 0 Å². The van der Waals surface area contributed by atoms with E-state index in [1.807, 2.05) is 24.3 Å². The van der Waals surface area contributed by atoms with Crippen molar-refractivity contribution >= 4 is 11.7 Å². The molecule has 1 aliphatic heterocycles. The number of likely N-dealkylation sites (tertiary alicyclic amines) is 1. The van der Waals surface area contributed by atoms with Crippen molar-refractivity contribution in [2.45, 2.75) is 26.3 Å². The first-order valence-corrected chi connectivity index (χ1v) is 7.40. The first kappa shape index (κ1) is 15.4. The van der Waals surface area contributed by atoms with Gasteiger partial charge in [0.15, 0.2) is 0 Å². The van der Waals surface area contributed by atoms with Crippen LogP contribution in [0.1, 0.15) is 30.6 Å². The summed E-state index contributed by atoms with van der Waals surface area (Å²) >= 11 is 0. The Bertz CT molecular complexity index is 525. The zero-order valence-electron chi connectivity index (χ0n) is 12.7. The summed E-state index contributed by atoms with van der Waals surface area (Å²) in [4.78, 5) is 18.5. The van der Waals surface area contributed by atoms with Crippen molar-refractivity contribution in [3.8, 4) is 0 Å². The Kier molecular flexibility index (Phi) is 5.28.